The first-order valence-electron chi connectivity index (χ1n) is 7.17. The van der Waals surface area contributed by atoms with Gasteiger partial charge in [0.2, 0.25) is 0 Å². The molecule has 1 aliphatic rings. The minimum Gasteiger partial charge on any atom is -0.478 e. The largest absolute Gasteiger partial charge is 0.478 e. The molecule has 1 atom stereocenters. The average molecular weight is 278 g/mol. The van der Waals surface area contributed by atoms with Crippen molar-refractivity contribution in [3.63, 3.8) is 0 Å². The number of nitrogens with zero attached hydrogens (tertiary/aromatic N) is 1. The smallest absolute Gasteiger partial charge is 0.339 e. The monoisotopic (exact) mass is 278 g/mol. The Morgan fingerprint density at radius 3 is 2.90 bits per heavy atom. The predicted octanol–water partition coefficient (Wildman–Crippen LogP) is 2.50. The number of nitrogens with one attached hydrogen (secondary N) is 1. The van der Waals surface area contributed by atoms with Crippen LogP contribution in [0.5, 0.6) is 0 Å². The van der Waals surface area contributed by atoms with Gasteiger partial charge in [-0.2, -0.15) is 0 Å². The Kier molecular flexibility index (Phi) is 4.95. The molecule has 0 spiro atoms. The molecule has 0 aromatic carbocycles. The molecule has 0 amide bonds. The van der Waals surface area contributed by atoms with Gasteiger partial charge in [-0.05, 0) is 43.7 Å². The number of hydrogen-bond acceptors (Lipinski definition) is 4. The van der Waals surface area contributed by atoms with Crippen LogP contribution in [0, 0.1) is 0 Å². The minimum absolute atomic E-state index is 0.0761. The van der Waals surface area contributed by atoms with Gasteiger partial charge in [-0.3, -0.25) is 0 Å². The van der Waals surface area contributed by atoms with E-state index >= 15 is 0 Å². The van der Waals surface area contributed by atoms with Crippen molar-refractivity contribution >= 4 is 11.8 Å². The summed E-state index contributed by atoms with van der Waals surface area (Å²) < 4.78 is 5.14. The number of anilines is 1. The number of carboxylic acid groups (broad SMARTS) is 1. The van der Waals surface area contributed by atoms with Gasteiger partial charge in [0.05, 0.1) is 12.6 Å². The van der Waals surface area contributed by atoms with Gasteiger partial charge < -0.3 is 15.2 Å². The molecule has 1 aromatic heterocycles. The number of aryl methyl sites for hydroxylation is 2. The summed E-state index contributed by atoms with van der Waals surface area (Å²) >= 11 is 0. The zero-order valence-corrected chi connectivity index (χ0v) is 12.1. The number of carbonyl (C=O) groups is 1. The first-order chi connectivity index (χ1) is 9.65. The van der Waals surface area contributed by atoms with E-state index in [9.17, 15) is 9.90 Å². The zero-order chi connectivity index (χ0) is 14.5. The second-order valence-corrected chi connectivity index (χ2v) is 5.21. The molecular weight excluding hydrogens is 256 g/mol. The van der Waals surface area contributed by atoms with E-state index in [2.05, 4.69) is 10.3 Å². The van der Waals surface area contributed by atoms with Crippen molar-refractivity contribution in [2.45, 2.75) is 45.1 Å². The standard InChI is InChI=1S/C15H22N2O3/c1-3-11(9-20-2)16-14-12(15(18)19)8-10-6-4-5-7-13(10)17-14/h8,11H,3-7,9H2,1-2H3,(H,16,17)(H,18,19). The van der Waals surface area contributed by atoms with Crippen LogP contribution >= 0.6 is 0 Å². The molecule has 2 rings (SSSR count). The highest BCUT2D eigenvalue weighted by atomic mass is 16.5. The van der Waals surface area contributed by atoms with Crippen molar-refractivity contribution in [3.05, 3.63) is 22.9 Å². The Morgan fingerprint density at radius 2 is 2.25 bits per heavy atom. The van der Waals surface area contributed by atoms with Gasteiger partial charge >= 0.3 is 5.97 Å². The van der Waals surface area contributed by atoms with Gasteiger partial charge in [-0.25, -0.2) is 9.78 Å². The lowest BCUT2D eigenvalue weighted by Gasteiger charge is -2.21. The Hall–Kier alpha value is -1.62. The molecule has 20 heavy (non-hydrogen) atoms. The number of rotatable bonds is 6. The fourth-order valence-corrected chi connectivity index (χ4v) is 2.56. The molecule has 1 heterocycles. The fourth-order valence-electron chi connectivity index (χ4n) is 2.56. The van der Waals surface area contributed by atoms with Gasteiger partial charge in [0.15, 0.2) is 0 Å². The third-order valence-corrected chi connectivity index (χ3v) is 3.73. The van der Waals surface area contributed by atoms with Crippen molar-refractivity contribution < 1.29 is 14.6 Å². The van der Waals surface area contributed by atoms with Crippen molar-refractivity contribution in [2.24, 2.45) is 0 Å². The van der Waals surface area contributed by atoms with Gasteiger partial charge in [-0.15, -0.1) is 0 Å². The molecule has 0 fully saturated rings. The van der Waals surface area contributed by atoms with Crippen molar-refractivity contribution in [2.75, 3.05) is 19.0 Å². The van der Waals surface area contributed by atoms with E-state index in [0.29, 0.717) is 12.4 Å². The number of ether oxygens (including phenoxy) is 1. The molecule has 1 unspecified atom stereocenters. The number of methoxy groups -OCH3 is 1. The summed E-state index contributed by atoms with van der Waals surface area (Å²) in [6, 6.07) is 1.86. The van der Waals surface area contributed by atoms with Crippen molar-refractivity contribution in [3.8, 4) is 0 Å². The highest BCUT2D eigenvalue weighted by Gasteiger charge is 2.20. The Balaban J connectivity index is 2.31. The van der Waals surface area contributed by atoms with E-state index in [-0.39, 0.29) is 11.6 Å². The SMILES string of the molecule is CCC(COC)Nc1nc2c(cc1C(=O)O)CCCC2. The lowest BCUT2D eigenvalue weighted by molar-refractivity contribution is 0.0697. The highest BCUT2D eigenvalue weighted by Crippen LogP contribution is 2.25. The number of pyridine rings is 1. The minimum atomic E-state index is -0.930. The number of aromatic carboxylic acids is 1. The van der Waals surface area contributed by atoms with Crippen LogP contribution in [0.4, 0.5) is 5.82 Å². The number of aromatic nitrogens is 1. The van der Waals surface area contributed by atoms with E-state index in [1.165, 1.54) is 0 Å². The summed E-state index contributed by atoms with van der Waals surface area (Å²) in [4.78, 5) is 16.0. The normalized spacial score (nSPS) is 15.5. The molecule has 0 saturated heterocycles. The molecule has 0 aliphatic heterocycles. The lowest BCUT2D eigenvalue weighted by Crippen LogP contribution is -2.26. The topological polar surface area (TPSA) is 71.5 Å². The van der Waals surface area contributed by atoms with Crippen molar-refractivity contribution in [1.29, 1.82) is 0 Å². The van der Waals surface area contributed by atoms with Gasteiger partial charge in [0.1, 0.15) is 11.4 Å². The van der Waals surface area contributed by atoms with E-state index in [4.69, 9.17) is 4.74 Å². The summed E-state index contributed by atoms with van der Waals surface area (Å²) in [5.41, 5.74) is 2.38. The number of carboxylic acids is 1. The summed E-state index contributed by atoms with van der Waals surface area (Å²) in [5, 5.41) is 12.6. The van der Waals surface area contributed by atoms with Crippen LogP contribution in [0.1, 0.15) is 47.8 Å². The summed E-state index contributed by atoms with van der Waals surface area (Å²) in [7, 11) is 1.64. The first-order valence-corrected chi connectivity index (χ1v) is 7.17. The quantitative estimate of drug-likeness (QED) is 0.836. The summed E-state index contributed by atoms with van der Waals surface area (Å²) in [6.45, 7) is 2.57. The van der Waals surface area contributed by atoms with E-state index in [1.807, 2.05) is 6.92 Å². The zero-order valence-electron chi connectivity index (χ0n) is 12.1. The predicted molar refractivity (Wildman–Crippen MR) is 77.4 cm³/mol. The molecule has 0 radical (unpaired) electrons. The van der Waals surface area contributed by atoms with Gasteiger partial charge in [0.25, 0.3) is 0 Å². The molecular formula is C15H22N2O3. The second kappa shape index (κ2) is 6.70. The van der Waals surface area contributed by atoms with Gasteiger partial charge in [0, 0.05) is 12.8 Å². The molecule has 110 valence electrons. The maximum Gasteiger partial charge on any atom is 0.339 e. The maximum absolute atomic E-state index is 11.4. The summed E-state index contributed by atoms with van der Waals surface area (Å²) in [6.07, 6.45) is 4.96. The van der Waals surface area contributed by atoms with Crippen LogP contribution in [0.2, 0.25) is 0 Å². The Bertz CT molecular complexity index is 488. The Morgan fingerprint density at radius 1 is 1.50 bits per heavy atom. The maximum atomic E-state index is 11.4. The first kappa shape index (κ1) is 14.8. The lowest BCUT2D eigenvalue weighted by atomic mass is 9.94. The summed E-state index contributed by atoms with van der Waals surface area (Å²) in [5.74, 6) is -0.456. The second-order valence-electron chi connectivity index (χ2n) is 5.21. The molecule has 0 bridgehead atoms. The van der Waals surface area contributed by atoms with E-state index in [0.717, 1.165) is 43.4 Å². The van der Waals surface area contributed by atoms with Crippen molar-refractivity contribution in [1.82, 2.24) is 4.98 Å². The molecule has 5 heteroatoms. The third kappa shape index (κ3) is 3.28. The van der Waals surface area contributed by atoms with Gasteiger partial charge in [-0.1, -0.05) is 6.92 Å². The number of hydrogen-bond donors (Lipinski definition) is 2. The average Bonchev–Trinajstić information content (AvgIpc) is 2.45. The molecule has 1 aromatic rings. The fraction of sp³-hybridized carbons (Fsp3) is 0.600. The number of fused-ring (bicyclic) bond motifs is 1. The molecule has 2 N–H and O–H groups in total. The van der Waals surface area contributed by atoms with Crippen LogP contribution in [0.25, 0.3) is 0 Å². The third-order valence-electron chi connectivity index (χ3n) is 3.73. The van der Waals surface area contributed by atoms with Crippen LogP contribution < -0.4 is 5.32 Å². The van der Waals surface area contributed by atoms with E-state index < -0.39 is 5.97 Å². The highest BCUT2D eigenvalue weighted by molar-refractivity contribution is 5.93. The molecule has 1 aliphatic carbocycles. The Labute approximate surface area is 119 Å². The van der Waals surface area contributed by atoms with E-state index in [1.54, 1.807) is 13.2 Å². The van der Waals surface area contributed by atoms with Crippen LogP contribution in [-0.4, -0.2) is 35.8 Å². The van der Waals surface area contributed by atoms with Crippen LogP contribution in [-0.2, 0) is 17.6 Å². The molecule has 5 nitrogen and oxygen atoms in total. The van der Waals surface area contributed by atoms with Crippen LogP contribution in [0.3, 0.4) is 0 Å². The van der Waals surface area contributed by atoms with Crippen LogP contribution in [0.15, 0.2) is 6.07 Å². The molecule has 0 saturated carbocycles.